The van der Waals surface area contributed by atoms with Gasteiger partial charge in [-0.2, -0.15) is 0 Å². The first-order valence-electron chi connectivity index (χ1n) is 3.86. The van der Waals surface area contributed by atoms with E-state index in [4.69, 9.17) is 0 Å². The third-order valence-corrected chi connectivity index (χ3v) is 1.89. The second kappa shape index (κ2) is 3.62. The van der Waals surface area contributed by atoms with Crippen LogP contribution in [0.25, 0.3) is 10.8 Å². The fourth-order valence-electron chi connectivity index (χ4n) is 1.35. The molecule has 1 aromatic heterocycles. The number of halogens is 1. The van der Waals surface area contributed by atoms with Crippen LogP contribution in [0.2, 0.25) is 0 Å². The summed E-state index contributed by atoms with van der Waals surface area (Å²) in [5.41, 5.74) is 0.893. The highest BCUT2D eigenvalue weighted by atomic mass is 35.5. The van der Waals surface area contributed by atoms with Crippen LogP contribution in [0, 0.1) is 6.92 Å². The summed E-state index contributed by atoms with van der Waals surface area (Å²) in [6.45, 7) is 1.88. The number of aromatic nitrogens is 1. The van der Waals surface area contributed by atoms with Crippen molar-refractivity contribution in [1.82, 2.24) is 4.98 Å². The van der Waals surface area contributed by atoms with Crippen molar-refractivity contribution in [2.45, 2.75) is 6.92 Å². The Morgan fingerprint density at radius 2 is 1.92 bits per heavy atom. The molecule has 13 heavy (non-hydrogen) atoms. The average molecular weight is 196 g/mol. The SMILES string of the molecule is Cc1cc2ccccc2c(=O)[nH]1.Cl. The van der Waals surface area contributed by atoms with E-state index >= 15 is 0 Å². The van der Waals surface area contributed by atoms with E-state index in [1.54, 1.807) is 0 Å². The number of H-pyrrole nitrogens is 1. The van der Waals surface area contributed by atoms with Gasteiger partial charge in [-0.15, -0.1) is 12.4 Å². The van der Waals surface area contributed by atoms with Crippen LogP contribution in [0.5, 0.6) is 0 Å². The Labute approximate surface area is 82.0 Å². The van der Waals surface area contributed by atoms with Crippen molar-refractivity contribution >= 4 is 23.2 Å². The summed E-state index contributed by atoms with van der Waals surface area (Å²) in [6, 6.07) is 9.54. The first-order valence-corrected chi connectivity index (χ1v) is 3.86. The van der Waals surface area contributed by atoms with Gasteiger partial charge in [0.25, 0.3) is 5.56 Å². The second-order valence-electron chi connectivity index (χ2n) is 2.87. The van der Waals surface area contributed by atoms with Crippen molar-refractivity contribution in [1.29, 1.82) is 0 Å². The average Bonchev–Trinajstić information content (AvgIpc) is 2.04. The molecule has 1 heterocycles. The minimum atomic E-state index is -0.00870. The van der Waals surface area contributed by atoms with Gasteiger partial charge >= 0.3 is 0 Å². The Balaban J connectivity index is 0.000000845. The topological polar surface area (TPSA) is 32.9 Å². The lowest BCUT2D eigenvalue weighted by molar-refractivity contribution is 1.17. The van der Waals surface area contributed by atoms with Gasteiger partial charge < -0.3 is 4.98 Å². The monoisotopic (exact) mass is 195 g/mol. The second-order valence-corrected chi connectivity index (χ2v) is 2.87. The molecule has 0 saturated carbocycles. The van der Waals surface area contributed by atoms with Crippen molar-refractivity contribution in [3.63, 3.8) is 0 Å². The highest BCUT2D eigenvalue weighted by Crippen LogP contribution is 2.08. The van der Waals surface area contributed by atoms with Gasteiger partial charge in [0.15, 0.2) is 0 Å². The first kappa shape index (κ1) is 9.81. The molecule has 0 aliphatic heterocycles. The molecule has 2 nitrogen and oxygen atoms in total. The maximum absolute atomic E-state index is 11.3. The van der Waals surface area contributed by atoms with Crippen LogP contribution in [0.15, 0.2) is 35.1 Å². The van der Waals surface area contributed by atoms with E-state index in [9.17, 15) is 4.79 Å². The molecule has 0 saturated heterocycles. The summed E-state index contributed by atoms with van der Waals surface area (Å²) in [6.07, 6.45) is 0. The molecule has 0 atom stereocenters. The quantitative estimate of drug-likeness (QED) is 0.687. The van der Waals surface area contributed by atoms with Gasteiger partial charge in [0.05, 0.1) is 0 Å². The Kier molecular flexibility index (Phi) is 2.73. The molecule has 0 bridgehead atoms. The van der Waals surface area contributed by atoms with E-state index in [2.05, 4.69) is 4.98 Å². The van der Waals surface area contributed by atoms with E-state index in [1.165, 1.54) is 0 Å². The fourth-order valence-corrected chi connectivity index (χ4v) is 1.35. The van der Waals surface area contributed by atoms with Crippen LogP contribution >= 0.6 is 12.4 Å². The number of rotatable bonds is 0. The highest BCUT2D eigenvalue weighted by Gasteiger charge is 1.96. The lowest BCUT2D eigenvalue weighted by Crippen LogP contribution is -2.06. The first-order chi connectivity index (χ1) is 5.77. The summed E-state index contributed by atoms with van der Waals surface area (Å²) >= 11 is 0. The normalized spacial score (nSPS) is 9.62. The highest BCUT2D eigenvalue weighted by molar-refractivity contribution is 5.85. The molecule has 68 valence electrons. The number of aryl methyl sites for hydroxylation is 1. The molecule has 2 aromatic rings. The molecule has 0 fully saturated rings. The number of pyridine rings is 1. The van der Waals surface area contributed by atoms with Gasteiger partial charge in [0.2, 0.25) is 0 Å². The van der Waals surface area contributed by atoms with E-state index in [0.29, 0.717) is 0 Å². The molecule has 0 radical (unpaired) electrons. The Morgan fingerprint density at radius 3 is 2.69 bits per heavy atom. The largest absolute Gasteiger partial charge is 0.326 e. The molecule has 2 rings (SSSR count). The standard InChI is InChI=1S/C10H9NO.ClH/c1-7-6-8-4-2-3-5-9(8)10(12)11-7;/h2-6H,1H3,(H,11,12);1H. The van der Waals surface area contributed by atoms with Crippen LogP contribution in [-0.4, -0.2) is 4.98 Å². The van der Waals surface area contributed by atoms with Gasteiger partial charge in [-0.05, 0) is 24.4 Å². The number of fused-ring (bicyclic) bond motifs is 1. The van der Waals surface area contributed by atoms with Crippen molar-refractivity contribution in [3.05, 3.63) is 46.4 Å². The lowest BCUT2D eigenvalue weighted by Gasteiger charge is -1.96. The lowest BCUT2D eigenvalue weighted by atomic mass is 10.1. The number of hydrogen-bond acceptors (Lipinski definition) is 1. The van der Waals surface area contributed by atoms with Crippen molar-refractivity contribution in [3.8, 4) is 0 Å². The maximum Gasteiger partial charge on any atom is 0.256 e. The maximum atomic E-state index is 11.3. The van der Waals surface area contributed by atoms with Gasteiger partial charge in [0, 0.05) is 11.1 Å². The molecule has 0 unspecified atom stereocenters. The van der Waals surface area contributed by atoms with Gasteiger partial charge in [-0.3, -0.25) is 4.79 Å². The zero-order valence-electron chi connectivity index (χ0n) is 7.20. The molecule has 1 aromatic carbocycles. The molecular weight excluding hydrogens is 186 g/mol. The van der Waals surface area contributed by atoms with Gasteiger partial charge in [-0.1, -0.05) is 18.2 Å². The predicted molar refractivity (Wildman–Crippen MR) is 56.6 cm³/mol. The fraction of sp³-hybridized carbons (Fsp3) is 0.100. The summed E-state index contributed by atoms with van der Waals surface area (Å²) in [4.78, 5) is 14.1. The van der Waals surface area contributed by atoms with E-state index in [0.717, 1.165) is 16.5 Å². The Hall–Kier alpha value is -1.28. The molecule has 1 N–H and O–H groups in total. The van der Waals surface area contributed by atoms with Gasteiger partial charge in [0.1, 0.15) is 0 Å². The molecule has 0 aliphatic rings. The third kappa shape index (κ3) is 1.73. The smallest absolute Gasteiger partial charge is 0.256 e. The molecule has 0 aliphatic carbocycles. The van der Waals surface area contributed by atoms with Crippen LogP contribution in [0.1, 0.15) is 5.69 Å². The van der Waals surface area contributed by atoms with Crippen LogP contribution < -0.4 is 5.56 Å². The van der Waals surface area contributed by atoms with Crippen LogP contribution in [0.4, 0.5) is 0 Å². The van der Waals surface area contributed by atoms with Gasteiger partial charge in [-0.25, -0.2) is 0 Å². The number of nitrogens with one attached hydrogen (secondary N) is 1. The molecule has 3 heteroatoms. The van der Waals surface area contributed by atoms with E-state index in [1.807, 2.05) is 37.3 Å². The Bertz CT molecular complexity index is 476. The predicted octanol–water partition coefficient (Wildman–Crippen LogP) is 2.26. The van der Waals surface area contributed by atoms with E-state index in [-0.39, 0.29) is 18.0 Å². The molecule has 0 spiro atoms. The third-order valence-electron chi connectivity index (χ3n) is 1.89. The minimum Gasteiger partial charge on any atom is -0.326 e. The summed E-state index contributed by atoms with van der Waals surface area (Å²) in [7, 11) is 0. The van der Waals surface area contributed by atoms with Crippen molar-refractivity contribution in [2.75, 3.05) is 0 Å². The number of benzene rings is 1. The summed E-state index contributed by atoms with van der Waals surface area (Å²) < 4.78 is 0. The van der Waals surface area contributed by atoms with Crippen LogP contribution in [0.3, 0.4) is 0 Å². The molecule has 0 amide bonds. The van der Waals surface area contributed by atoms with Crippen LogP contribution in [-0.2, 0) is 0 Å². The summed E-state index contributed by atoms with van der Waals surface area (Å²) in [5.74, 6) is 0. The number of aromatic amines is 1. The number of hydrogen-bond donors (Lipinski definition) is 1. The zero-order chi connectivity index (χ0) is 8.55. The van der Waals surface area contributed by atoms with E-state index < -0.39 is 0 Å². The van der Waals surface area contributed by atoms with Crippen molar-refractivity contribution < 1.29 is 0 Å². The minimum absolute atomic E-state index is 0. The zero-order valence-corrected chi connectivity index (χ0v) is 8.02. The molecular formula is C10H10ClNO. The Morgan fingerprint density at radius 1 is 1.23 bits per heavy atom. The van der Waals surface area contributed by atoms with Crippen molar-refractivity contribution in [2.24, 2.45) is 0 Å². The summed E-state index contributed by atoms with van der Waals surface area (Å²) in [5, 5.41) is 1.75.